The fourth-order valence-corrected chi connectivity index (χ4v) is 4.87. The molecule has 1 atom stereocenters. The zero-order valence-corrected chi connectivity index (χ0v) is 18.1. The van der Waals surface area contributed by atoms with Crippen molar-refractivity contribution < 1.29 is 24.2 Å². The Morgan fingerprint density at radius 1 is 1.03 bits per heavy atom. The molecule has 0 aromatic heterocycles. The number of carboxylic acid groups (broad SMARTS) is 1. The highest BCUT2D eigenvalue weighted by Crippen LogP contribution is 2.44. The Bertz CT molecular complexity index is 969. The van der Waals surface area contributed by atoms with Crippen LogP contribution >= 0.6 is 0 Å². The van der Waals surface area contributed by atoms with Gasteiger partial charge in [0.05, 0.1) is 6.42 Å². The van der Waals surface area contributed by atoms with Crippen molar-refractivity contribution in [3.05, 3.63) is 59.7 Å². The summed E-state index contributed by atoms with van der Waals surface area (Å²) in [5.41, 5.74) is 4.41. The molecule has 7 nitrogen and oxygen atoms in total. The molecule has 0 heterocycles. The first-order chi connectivity index (χ1) is 15.5. The van der Waals surface area contributed by atoms with Gasteiger partial charge in [0.1, 0.15) is 12.6 Å². The van der Waals surface area contributed by atoms with Gasteiger partial charge in [0.25, 0.3) is 0 Å². The molecule has 0 spiro atoms. The molecule has 32 heavy (non-hydrogen) atoms. The van der Waals surface area contributed by atoms with Gasteiger partial charge in [-0.05, 0) is 35.1 Å². The van der Waals surface area contributed by atoms with Gasteiger partial charge in [-0.25, -0.2) is 4.79 Å². The van der Waals surface area contributed by atoms with E-state index in [4.69, 9.17) is 4.74 Å². The molecular formula is C25H28N2O5. The highest BCUT2D eigenvalue weighted by Gasteiger charge is 2.33. The van der Waals surface area contributed by atoms with Crippen molar-refractivity contribution in [1.29, 1.82) is 0 Å². The fraction of sp³-hybridized carbons (Fsp3) is 0.400. The minimum absolute atomic E-state index is 0.0862. The van der Waals surface area contributed by atoms with E-state index in [9.17, 15) is 19.5 Å². The van der Waals surface area contributed by atoms with Crippen LogP contribution in [-0.4, -0.2) is 53.7 Å². The lowest BCUT2D eigenvalue weighted by atomic mass is 9.98. The Balaban J connectivity index is 1.42. The first-order valence-electron chi connectivity index (χ1n) is 11.1. The van der Waals surface area contributed by atoms with E-state index >= 15 is 0 Å². The standard InChI is InChI=1S/C25H28N2O5/c1-27(16-8-2-3-9-16)24(30)22(14-23(28)29)26-25(31)32-15-21-19-12-6-4-10-17(19)18-11-5-7-13-20(18)21/h4-7,10-13,16,21-22H,2-3,8-9,14-15H2,1H3,(H,26,31)(H,28,29). The van der Waals surface area contributed by atoms with Crippen LogP contribution in [0.1, 0.15) is 49.1 Å². The van der Waals surface area contributed by atoms with Crippen LogP contribution in [0, 0.1) is 0 Å². The Morgan fingerprint density at radius 3 is 2.16 bits per heavy atom. The number of alkyl carbamates (subject to hydrolysis) is 1. The SMILES string of the molecule is CN(C(=O)C(CC(=O)O)NC(=O)OCC1c2ccccc2-c2ccccc21)C1CCCC1. The van der Waals surface area contributed by atoms with Gasteiger partial charge in [-0.15, -0.1) is 0 Å². The van der Waals surface area contributed by atoms with Crippen molar-refractivity contribution >= 4 is 18.0 Å². The summed E-state index contributed by atoms with van der Waals surface area (Å²) in [4.78, 5) is 38.3. The lowest BCUT2D eigenvalue weighted by Gasteiger charge is -2.28. The first-order valence-corrected chi connectivity index (χ1v) is 11.1. The summed E-state index contributed by atoms with van der Waals surface area (Å²) in [6, 6.07) is 14.9. The molecule has 2 N–H and O–H groups in total. The summed E-state index contributed by atoms with van der Waals surface area (Å²) in [6.07, 6.45) is 2.61. The second kappa shape index (κ2) is 9.42. The quantitative estimate of drug-likeness (QED) is 0.689. The van der Waals surface area contributed by atoms with E-state index in [0.717, 1.165) is 47.9 Å². The van der Waals surface area contributed by atoms with Crippen molar-refractivity contribution in [2.75, 3.05) is 13.7 Å². The Kier molecular flexibility index (Phi) is 6.44. The predicted octanol–water partition coefficient (Wildman–Crippen LogP) is 3.77. The zero-order valence-electron chi connectivity index (χ0n) is 18.1. The number of nitrogens with one attached hydrogen (secondary N) is 1. The van der Waals surface area contributed by atoms with E-state index in [-0.39, 0.29) is 18.6 Å². The summed E-state index contributed by atoms with van der Waals surface area (Å²) in [7, 11) is 1.67. The normalized spacial score (nSPS) is 16.2. The Hall–Kier alpha value is -3.35. The number of carbonyl (C=O) groups excluding carboxylic acids is 2. The molecule has 7 heteroatoms. The van der Waals surface area contributed by atoms with Gasteiger partial charge in [0, 0.05) is 19.0 Å². The molecule has 2 aliphatic rings. The van der Waals surface area contributed by atoms with Gasteiger partial charge in [-0.1, -0.05) is 61.4 Å². The number of rotatable bonds is 7. The highest BCUT2D eigenvalue weighted by atomic mass is 16.5. The predicted molar refractivity (Wildman–Crippen MR) is 119 cm³/mol. The van der Waals surface area contributed by atoms with E-state index in [0.29, 0.717) is 0 Å². The number of hydrogen-bond acceptors (Lipinski definition) is 4. The summed E-state index contributed by atoms with van der Waals surface area (Å²) in [5, 5.41) is 11.7. The van der Waals surface area contributed by atoms with Gasteiger partial charge < -0.3 is 20.1 Å². The smallest absolute Gasteiger partial charge is 0.407 e. The van der Waals surface area contributed by atoms with Gasteiger partial charge in [-0.2, -0.15) is 0 Å². The third-order valence-corrected chi connectivity index (χ3v) is 6.53. The summed E-state index contributed by atoms with van der Waals surface area (Å²) < 4.78 is 5.49. The number of benzene rings is 2. The van der Waals surface area contributed by atoms with Crippen molar-refractivity contribution in [3.63, 3.8) is 0 Å². The number of nitrogens with zero attached hydrogens (tertiary/aromatic N) is 1. The molecule has 2 amide bonds. The zero-order chi connectivity index (χ0) is 22.7. The maximum absolute atomic E-state index is 12.9. The van der Waals surface area contributed by atoms with Crippen LogP contribution in [0.2, 0.25) is 0 Å². The van der Waals surface area contributed by atoms with Crippen LogP contribution < -0.4 is 5.32 Å². The van der Waals surface area contributed by atoms with Crippen molar-refractivity contribution in [2.24, 2.45) is 0 Å². The number of ether oxygens (including phenoxy) is 1. The van der Waals surface area contributed by atoms with Crippen LogP contribution in [0.5, 0.6) is 0 Å². The maximum atomic E-state index is 12.9. The number of amides is 2. The molecule has 1 fully saturated rings. The summed E-state index contributed by atoms with van der Waals surface area (Å²) in [5.74, 6) is -1.65. The minimum atomic E-state index is -1.16. The van der Waals surface area contributed by atoms with E-state index in [1.807, 2.05) is 36.4 Å². The monoisotopic (exact) mass is 436 g/mol. The summed E-state index contributed by atoms with van der Waals surface area (Å²) >= 11 is 0. The largest absolute Gasteiger partial charge is 0.481 e. The molecule has 0 bridgehead atoms. The fourth-order valence-electron chi connectivity index (χ4n) is 4.87. The molecule has 4 rings (SSSR count). The van der Waals surface area contributed by atoms with Crippen LogP contribution in [0.4, 0.5) is 4.79 Å². The van der Waals surface area contributed by atoms with Gasteiger partial charge in [-0.3, -0.25) is 9.59 Å². The van der Waals surface area contributed by atoms with Crippen molar-refractivity contribution in [1.82, 2.24) is 10.2 Å². The van der Waals surface area contributed by atoms with Crippen LogP contribution in [0.15, 0.2) is 48.5 Å². The highest BCUT2D eigenvalue weighted by molar-refractivity contribution is 5.89. The number of likely N-dealkylation sites (N-methyl/N-ethyl adjacent to an activating group) is 1. The van der Waals surface area contributed by atoms with E-state index in [2.05, 4.69) is 17.4 Å². The third kappa shape index (κ3) is 4.47. The number of aliphatic carboxylic acids is 1. The molecule has 2 aromatic carbocycles. The van der Waals surface area contributed by atoms with E-state index in [1.54, 1.807) is 11.9 Å². The maximum Gasteiger partial charge on any atom is 0.407 e. The average Bonchev–Trinajstić information content (AvgIpc) is 3.43. The van der Waals surface area contributed by atoms with Crippen molar-refractivity contribution in [2.45, 2.75) is 50.1 Å². The lowest BCUT2D eigenvalue weighted by molar-refractivity contribution is -0.142. The van der Waals surface area contributed by atoms with Crippen LogP contribution in [-0.2, 0) is 14.3 Å². The van der Waals surface area contributed by atoms with Gasteiger partial charge in [0.15, 0.2) is 0 Å². The molecule has 0 saturated heterocycles. The Morgan fingerprint density at radius 2 is 1.59 bits per heavy atom. The van der Waals surface area contributed by atoms with Crippen LogP contribution in [0.3, 0.4) is 0 Å². The second-order valence-electron chi connectivity index (χ2n) is 8.51. The minimum Gasteiger partial charge on any atom is -0.481 e. The molecule has 168 valence electrons. The lowest BCUT2D eigenvalue weighted by Crippen LogP contribution is -2.50. The number of hydrogen-bond donors (Lipinski definition) is 2. The number of fused-ring (bicyclic) bond motifs is 3. The topological polar surface area (TPSA) is 95.9 Å². The summed E-state index contributed by atoms with van der Waals surface area (Å²) in [6.45, 7) is 0.103. The third-order valence-electron chi connectivity index (χ3n) is 6.53. The molecule has 2 aliphatic carbocycles. The van der Waals surface area contributed by atoms with Gasteiger partial charge in [0.2, 0.25) is 5.91 Å². The molecule has 2 aromatic rings. The Labute approximate surface area is 187 Å². The molecular weight excluding hydrogens is 408 g/mol. The van der Waals surface area contributed by atoms with Crippen LogP contribution in [0.25, 0.3) is 11.1 Å². The molecule has 1 unspecified atom stereocenters. The first kappa shape index (κ1) is 21.9. The molecule has 0 aliphatic heterocycles. The van der Waals surface area contributed by atoms with Gasteiger partial charge >= 0.3 is 12.1 Å². The molecule has 0 radical (unpaired) electrons. The molecule has 1 saturated carbocycles. The number of carboxylic acids is 1. The second-order valence-corrected chi connectivity index (χ2v) is 8.51. The van der Waals surface area contributed by atoms with E-state index < -0.39 is 30.4 Å². The van der Waals surface area contributed by atoms with E-state index in [1.165, 1.54) is 0 Å². The van der Waals surface area contributed by atoms with Crippen molar-refractivity contribution in [3.8, 4) is 11.1 Å². The average molecular weight is 437 g/mol. The number of carbonyl (C=O) groups is 3.